The predicted octanol–water partition coefficient (Wildman–Crippen LogP) is 0.990. The van der Waals surface area contributed by atoms with Crippen molar-refractivity contribution in [3.8, 4) is 5.75 Å². The van der Waals surface area contributed by atoms with Gasteiger partial charge in [0.2, 0.25) is 17.7 Å². The van der Waals surface area contributed by atoms with Gasteiger partial charge in [0.25, 0.3) is 0 Å². The number of benzene rings is 1. The average molecular weight is 489 g/mol. The number of fused-ring (bicyclic) bond motifs is 1. The Morgan fingerprint density at radius 3 is 2.51 bits per heavy atom. The number of hydrogen-bond donors (Lipinski definition) is 4. The molecule has 2 aliphatic rings. The fourth-order valence-electron chi connectivity index (χ4n) is 5.07. The summed E-state index contributed by atoms with van der Waals surface area (Å²) in [5.41, 5.74) is 1.07. The van der Waals surface area contributed by atoms with Crippen LogP contribution in [0.1, 0.15) is 51.0 Å². The number of carbonyl (C=O) groups is 3. The summed E-state index contributed by atoms with van der Waals surface area (Å²) in [6.45, 7) is 2.61. The van der Waals surface area contributed by atoms with Crippen molar-refractivity contribution in [2.24, 2.45) is 5.92 Å². The smallest absolute Gasteiger partial charge is 0.245 e. The fraction of sp³-hybridized carbons (Fsp3) is 0.654. The van der Waals surface area contributed by atoms with Crippen molar-refractivity contribution >= 4 is 17.7 Å². The van der Waals surface area contributed by atoms with Crippen LogP contribution in [0.15, 0.2) is 24.3 Å². The molecular weight excluding hydrogens is 448 g/mol. The van der Waals surface area contributed by atoms with Gasteiger partial charge in [-0.05, 0) is 50.2 Å². The highest BCUT2D eigenvalue weighted by Gasteiger charge is 2.37. The Morgan fingerprint density at radius 1 is 1.03 bits per heavy atom. The third kappa shape index (κ3) is 7.67. The highest BCUT2D eigenvalue weighted by atomic mass is 16.5. The number of aliphatic hydroxyl groups excluding tert-OH is 1. The Labute approximate surface area is 208 Å². The van der Waals surface area contributed by atoms with Crippen LogP contribution in [-0.4, -0.2) is 79.2 Å². The number of amides is 3. The molecular formula is C26H40N4O5. The number of rotatable bonds is 2. The van der Waals surface area contributed by atoms with E-state index in [9.17, 15) is 19.5 Å². The van der Waals surface area contributed by atoms with Crippen molar-refractivity contribution in [2.45, 2.75) is 70.1 Å². The first-order chi connectivity index (χ1) is 16.9. The Hall–Kier alpha value is -2.65. The Bertz CT molecular complexity index is 856. The summed E-state index contributed by atoms with van der Waals surface area (Å²) < 4.78 is 6.05. The van der Waals surface area contributed by atoms with Gasteiger partial charge in [0.15, 0.2) is 0 Å². The molecule has 1 aliphatic carbocycles. The molecule has 1 heterocycles. The lowest BCUT2D eigenvalue weighted by Gasteiger charge is -2.36. The Morgan fingerprint density at radius 2 is 1.77 bits per heavy atom. The minimum Gasteiger partial charge on any atom is -0.492 e. The van der Waals surface area contributed by atoms with Crippen LogP contribution in [-0.2, 0) is 20.8 Å². The SMILES string of the molecule is CC(O)C1C(=O)NCC(=O)NCCCc2ccccc2OCCNC(C2CCCCC2)C(=O)N1C. The van der Waals surface area contributed by atoms with E-state index in [-0.39, 0.29) is 24.3 Å². The molecule has 3 rings (SSSR count). The number of aliphatic hydroxyl groups is 1. The van der Waals surface area contributed by atoms with Crippen molar-refractivity contribution in [1.82, 2.24) is 20.9 Å². The first kappa shape index (κ1) is 26.9. The van der Waals surface area contributed by atoms with E-state index >= 15 is 0 Å². The molecule has 35 heavy (non-hydrogen) atoms. The molecule has 0 spiro atoms. The number of hydrogen-bond acceptors (Lipinski definition) is 6. The van der Waals surface area contributed by atoms with Crippen molar-refractivity contribution in [3.63, 3.8) is 0 Å². The average Bonchev–Trinajstić information content (AvgIpc) is 2.85. The highest BCUT2D eigenvalue weighted by molar-refractivity contribution is 5.92. The number of para-hydroxylation sites is 1. The Kier molecular flexibility index (Phi) is 10.3. The van der Waals surface area contributed by atoms with Gasteiger partial charge in [0.05, 0.1) is 18.7 Å². The van der Waals surface area contributed by atoms with Crippen LogP contribution < -0.4 is 20.7 Å². The van der Waals surface area contributed by atoms with Gasteiger partial charge < -0.3 is 30.7 Å². The summed E-state index contributed by atoms with van der Waals surface area (Å²) in [7, 11) is 1.54. The van der Waals surface area contributed by atoms with Crippen molar-refractivity contribution in [3.05, 3.63) is 29.8 Å². The lowest BCUT2D eigenvalue weighted by molar-refractivity contribution is -0.145. The van der Waals surface area contributed by atoms with Gasteiger partial charge in [-0.25, -0.2) is 0 Å². The van der Waals surface area contributed by atoms with Gasteiger partial charge >= 0.3 is 0 Å². The third-order valence-corrected chi connectivity index (χ3v) is 6.94. The molecule has 4 N–H and O–H groups in total. The lowest BCUT2D eigenvalue weighted by atomic mass is 9.83. The van der Waals surface area contributed by atoms with Crippen LogP contribution in [0, 0.1) is 5.92 Å². The first-order valence-electron chi connectivity index (χ1n) is 12.8. The molecule has 0 radical (unpaired) electrons. The first-order valence-corrected chi connectivity index (χ1v) is 12.8. The second-order valence-corrected chi connectivity index (χ2v) is 9.59. The van der Waals surface area contributed by atoms with Crippen LogP contribution in [0.3, 0.4) is 0 Å². The van der Waals surface area contributed by atoms with E-state index in [2.05, 4.69) is 16.0 Å². The third-order valence-electron chi connectivity index (χ3n) is 6.94. The number of ether oxygens (including phenoxy) is 1. The molecule has 1 saturated carbocycles. The van der Waals surface area contributed by atoms with E-state index in [1.54, 1.807) is 7.05 Å². The molecule has 1 aromatic carbocycles. The second-order valence-electron chi connectivity index (χ2n) is 9.59. The zero-order valence-corrected chi connectivity index (χ0v) is 20.9. The number of carbonyl (C=O) groups excluding carboxylic acids is 3. The molecule has 9 heteroatoms. The normalized spacial score (nSPS) is 25.3. The van der Waals surface area contributed by atoms with E-state index < -0.39 is 24.1 Å². The van der Waals surface area contributed by atoms with Crippen LogP contribution >= 0.6 is 0 Å². The maximum atomic E-state index is 13.6. The molecule has 3 amide bonds. The summed E-state index contributed by atoms with van der Waals surface area (Å²) >= 11 is 0. The van der Waals surface area contributed by atoms with Crippen LogP contribution in [0.2, 0.25) is 0 Å². The van der Waals surface area contributed by atoms with E-state index in [1.165, 1.54) is 11.8 Å². The highest BCUT2D eigenvalue weighted by Crippen LogP contribution is 2.28. The molecule has 9 nitrogen and oxygen atoms in total. The Balaban J connectivity index is 1.81. The standard InChI is InChI=1S/C26H40N4O5/c1-18(31)24-25(33)29-17-22(32)27-14-8-12-19-9-6-7-13-21(19)35-16-15-28-23(26(34)30(24)2)20-10-4-3-5-11-20/h6-7,9,13,18,20,23-24,28,31H,3-5,8,10-12,14-17H2,1-2H3,(H,27,32)(H,29,33). The summed E-state index contributed by atoms with van der Waals surface area (Å²) in [6.07, 6.45) is 5.56. The number of nitrogens with zero attached hydrogens (tertiary/aromatic N) is 1. The van der Waals surface area contributed by atoms with E-state index in [0.29, 0.717) is 19.7 Å². The molecule has 3 unspecified atom stereocenters. The van der Waals surface area contributed by atoms with Gasteiger partial charge in [-0.15, -0.1) is 0 Å². The van der Waals surface area contributed by atoms with Crippen molar-refractivity contribution < 1.29 is 24.2 Å². The van der Waals surface area contributed by atoms with Gasteiger partial charge in [-0.1, -0.05) is 37.5 Å². The van der Waals surface area contributed by atoms with Crippen molar-refractivity contribution in [2.75, 3.05) is 33.3 Å². The van der Waals surface area contributed by atoms with Gasteiger partial charge in [0, 0.05) is 20.1 Å². The predicted molar refractivity (Wildman–Crippen MR) is 133 cm³/mol. The largest absolute Gasteiger partial charge is 0.492 e. The molecule has 0 bridgehead atoms. The minimum absolute atomic E-state index is 0.153. The molecule has 1 fully saturated rings. The van der Waals surface area contributed by atoms with Gasteiger partial charge in [-0.3, -0.25) is 14.4 Å². The quantitative estimate of drug-likeness (QED) is 0.493. The zero-order valence-electron chi connectivity index (χ0n) is 20.9. The topological polar surface area (TPSA) is 120 Å². The second kappa shape index (κ2) is 13.4. The molecule has 1 aliphatic heterocycles. The monoisotopic (exact) mass is 488 g/mol. The number of nitrogens with one attached hydrogen (secondary N) is 3. The minimum atomic E-state index is -1.09. The van der Waals surface area contributed by atoms with E-state index in [1.807, 2.05) is 24.3 Å². The summed E-state index contributed by atoms with van der Waals surface area (Å²) in [5, 5.41) is 19.1. The zero-order chi connectivity index (χ0) is 25.2. The van der Waals surface area contributed by atoms with Crippen LogP contribution in [0.4, 0.5) is 0 Å². The van der Waals surface area contributed by atoms with Gasteiger partial charge in [0.1, 0.15) is 18.4 Å². The van der Waals surface area contributed by atoms with Gasteiger partial charge in [-0.2, -0.15) is 0 Å². The van der Waals surface area contributed by atoms with Crippen LogP contribution in [0.25, 0.3) is 0 Å². The molecule has 0 aromatic heterocycles. The molecule has 3 atom stereocenters. The summed E-state index contributed by atoms with van der Waals surface area (Å²) in [4.78, 5) is 40.1. The number of aryl methyl sites for hydroxylation is 1. The molecule has 0 saturated heterocycles. The maximum Gasteiger partial charge on any atom is 0.245 e. The molecule has 1 aromatic rings. The van der Waals surface area contributed by atoms with E-state index in [0.717, 1.165) is 56.3 Å². The fourth-order valence-corrected chi connectivity index (χ4v) is 5.07. The van der Waals surface area contributed by atoms with Crippen LogP contribution in [0.5, 0.6) is 5.75 Å². The molecule has 194 valence electrons. The van der Waals surface area contributed by atoms with E-state index in [4.69, 9.17) is 4.74 Å². The van der Waals surface area contributed by atoms with Crippen molar-refractivity contribution in [1.29, 1.82) is 0 Å². The summed E-state index contributed by atoms with van der Waals surface area (Å²) in [6, 6.07) is 6.28. The maximum absolute atomic E-state index is 13.6. The lowest BCUT2D eigenvalue weighted by Crippen LogP contribution is -2.59. The number of likely N-dealkylation sites (N-methyl/N-ethyl adjacent to an activating group) is 1. The summed E-state index contributed by atoms with van der Waals surface area (Å²) in [5.74, 6) is -0.138.